The smallest absolute Gasteiger partial charge is 0.138 e. The predicted octanol–water partition coefficient (Wildman–Crippen LogP) is 6.83. The molecule has 0 saturated heterocycles. The van der Waals surface area contributed by atoms with Crippen LogP contribution in [0.3, 0.4) is 0 Å². The van der Waals surface area contributed by atoms with Crippen molar-refractivity contribution in [3.8, 4) is 0 Å². The van der Waals surface area contributed by atoms with Crippen LogP contribution in [-0.2, 0) is 5.54 Å². The van der Waals surface area contributed by atoms with Crippen molar-refractivity contribution in [1.82, 2.24) is 9.78 Å². The summed E-state index contributed by atoms with van der Waals surface area (Å²) in [5.74, 6) is 0. The number of rotatable bonds is 4. The topological polar surface area (TPSA) is 43.8 Å². The van der Waals surface area contributed by atoms with E-state index in [1.807, 2.05) is 24.3 Å². The van der Waals surface area contributed by atoms with Crippen molar-refractivity contribution >= 4 is 55.1 Å². The lowest BCUT2D eigenvalue weighted by molar-refractivity contribution is 0.473. The zero-order chi connectivity index (χ0) is 21.4. The SMILES string of the molecule is Nc1cc2c(cc1Br)c(I)nn2C(c1ccccc1)(c1ccccc1)c1ccccc1. The maximum Gasteiger partial charge on any atom is 0.138 e. The number of nitrogens with zero attached hydrogens (tertiary/aromatic N) is 2. The number of anilines is 1. The molecule has 31 heavy (non-hydrogen) atoms. The summed E-state index contributed by atoms with van der Waals surface area (Å²) >= 11 is 5.89. The van der Waals surface area contributed by atoms with Gasteiger partial charge in [0.2, 0.25) is 0 Å². The van der Waals surface area contributed by atoms with Crippen molar-refractivity contribution < 1.29 is 0 Å². The summed E-state index contributed by atoms with van der Waals surface area (Å²) < 4.78 is 3.94. The molecule has 0 aliphatic heterocycles. The van der Waals surface area contributed by atoms with E-state index in [1.165, 1.54) is 0 Å². The lowest BCUT2D eigenvalue weighted by Gasteiger charge is -2.37. The highest BCUT2D eigenvalue weighted by atomic mass is 127. The third kappa shape index (κ3) is 3.27. The maximum absolute atomic E-state index is 6.33. The Balaban J connectivity index is 1.99. The zero-order valence-corrected chi connectivity index (χ0v) is 20.3. The molecule has 0 radical (unpaired) electrons. The molecule has 5 aromatic rings. The molecule has 0 atom stereocenters. The number of aromatic nitrogens is 2. The van der Waals surface area contributed by atoms with Gasteiger partial charge in [-0.15, -0.1) is 0 Å². The molecule has 5 rings (SSSR count). The molecule has 2 N–H and O–H groups in total. The monoisotopic (exact) mass is 579 g/mol. The van der Waals surface area contributed by atoms with E-state index in [0.29, 0.717) is 5.69 Å². The second kappa shape index (κ2) is 8.13. The summed E-state index contributed by atoms with van der Waals surface area (Å²) in [7, 11) is 0. The number of halogens is 2. The van der Waals surface area contributed by atoms with Gasteiger partial charge in [0, 0.05) is 15.5 Å². The Labute approximate surface area is 203 Å². The van der Waals surface area contributed by atoms with Gasteiger partial charge in [0.1, 0.15) is 9.24 Å². The lowest BCUT2D eigenvalue weighted by Crippen LogP contribution is -2.38. The third-order valence-electron chi connectivity index (χ3n) is 5.65. The minimum absolute atomic E-state index is 0.661. The standard InChI is InChI=1S/C26H19BrIN3/c27-22-16-21-24(17-23(22)29)31(30-25(21)28)26(18-10-4-1-5-11-18,19-12-6-2-7-13-19)20-14-8-3-9-15-20/h1-17H,29H2. The summed E-state index contributed by atoms with van der Waals surface area (Å²) in [5.41, 5.74) is 10.7. The van der Waals surface area contributed by atoms with Crippen LogP contribution in [0.5, 0.6) is 0 Å². The van der Waals surface area contributed by atoms with E-state index >= 15 is 0 Å². The number of hydrogen-bond donors (Lipinski definition) is 1. The molecule has 0 aliphatic carbocycles. The molecule has 0 spiro atoms. The zero-order valence-electron chi connectivity index (χ0n) is 16.5. The van der Waals surface area contributed by atoms with E-state index in [-0.39, 0.29) is 0 Å². The summed E-state index contributed by atoms with van der Waals surface area (Å²) in [4.78, 5) is 0. The molecule has 1 aromatic heterocycles. The second-order valence-electron chi connectivity index (χ2n) is 7.40. The van der Waals surface area contributed by atoms with Gasteiger partial charge in [-0.05, 0) is 67.3 Å². The van der Waals surface area contributed by atoms with Gasteiger partial charge < -0.3 is 5.73 Å². The molecule has 3 nitrogen and oxygen atoms in total. The Morgan fingerprint density at radius 2 is 1.19 bits per heavy atom. The Hall–Kier alpha value is -2.64. The van der Waals surface area contributed by atoms with Gasteiger partial charge in [-0.3, -0.25) is 0 Å². The Bertz CT molecular complexity index is 1250. The Kier molecular flexibility index (Phi) is 5.32. The highest BCUT2D eigenvalue weighted by Crippen LogP contribution is 2.43. The molecular formula is C26H19BrIN3. The predicted molar refractivity (Wildman–Crippen MR) is 139 cm³/mol. The van der Waals surface area contributed by atoms with Crippen molar-refractivity contribution in [3.63, 3.8) is 0 Å². The van der Waals surface area contributed by atoms with Crippen LogP contribution in [0.1, 0.15) is 16.7 Å². The van der Waals surface area contributed by atoms with Gasteiger partial charge in [0.15, 0.2) is 0 Å². The van der Waals surface area contributed by atoms with Crippen molar-refractivity contribution in [2.24, 2.45) is 0 Å². The third-order valence-corrected chi connectivity index (χ3v) is 7.13. The van der Waals surface area contributed by atoms with E-state index in [0.717, 1.165) is 35.8 Å². The fourth-order valence-corrected chi connectivity index (χ4v) is 5.27. The first-order valence-corrected chi connectivity index (χ1v) is 11.8. The van der Waals surface area contributed by atoms with Crippen molar-refractivity contribution in [2.75, 3.05) is 5.73 Å². The molecule has 4 aromatic carbocycles. The minimum Gasteiger partial charge on any atom is -0.398 e. The highest BCUT2D eigenvalue weighted by Gasteiger charge is 2.40. The number of fused-ring (bicyclic) bond motifs is 1. The van der Waals surface area contributed by atoms with Crippen LogP contribution >= 0.6 is 38.5 Å². The molecule has 0 aliphatic rings. The number of benzene rings is 4. The largest absolute Gasteiger partial charge is 0.398 e. The summed E-state index contributed by atoms with van der Waals surface area (Å²) in [5, 5.41) is 6.16. The van der Waals surface area contributed by atoms with E-state index in [9.17, 15) is 0 Å². The van der Waals surface area contributed by atoms with E-state index < -0.39 is 5.54 Å². The minimum atomic E-state index is -0.661. The first kappa shape index (κ1) is 20.3. The van der Waals surface area contributed by atoms with Crippen LogP contribution in [0.15, 0.2) is 108 Å². The second-order valence-corrected chi connectivity index (χ2v) is 9.28. The number of hydrogen-bond acceptors (Lipinski definition) is 2. The molecule has 0 amide bonds. The molecular weight excluding hydrogens is 561 g/mol. The fraction of sp³-hybridized carbons (Fsp3) is 0.0385. The van der Waals surface area contributed by atoms with Crippen LogP contribution in [0, 0.1) is 3.70 Å². The molecule has 0 saturated carbocycles. The first-order chi connectivity index (χ1) is 15.1. The summed E-state index contributed by atoms with van der Waals surface area (Å²) in [6, 6.07) is 35.7. The Morgan fingerprint density at radius 1 is 0.742 bits per heavy atom. The van der Waals surface area contributed by atoms with Crippen LogP contribution < -0.4 is 5.73 Å². The van der Waals surface area contributed by atoms with E-state index in [4.69, 9.17) is 10.8 Å². The van der Waals surface area contributed by atoms with Crippen molar-refractivity contribution in [1.29, 1.82) is 0 Å². The fourth-order valence-electron chi connectivity index (χ4n) is 4.27. The number of nitrogens with two attached hydrogens (primary N) is 1. The summed E-state index contributed by atoms with van der Waals surface area (Å²) in [6.45, 7) is 0. The molecule has 152 valence electrons. The van der Waals surface area contributed by atoms with Crippen LogP contribution in [0.2, 0.25) is 0 Å². The quantitative estimate of drug-likeness (QED) is 0.144. The lowest BCUT2D eigenvalue weighted by atomic mass is 9.77. The van der Waals surface area contributed by atoms with Gasteiger partial charge in [-0.2, -0.15) is 5.10 Å². The molecule has 0 fully saturated rings. The normalized spacial score (nSPS) is 11.7. The maximum atomic E-state index is 6.33. The van der Waals surface area contributed by atoms with Gasteiger partial charge in [0.25, 0.3) is 0 Å². The van der Waals surface area contributed by atoms with Crippen LogP contribution in [-0.4, -0.2) is 9.78 Å². The molecule has 5 heteroatoms. The Morgan fingerprint density at radius 3 is 1.65 bits per heavy atom. The highest BCUT2D eigenvalue weighted by molar-refractivity contribution is 14.1. The van der Waals surface area contributed by atoms with Crippen molar-refractivity contribution in [3.05, 3.63) is 128 Å². The average Bonchev–Trinajstić information content (AvgIpc) is 3.12. The van der Waals surface area contributed by atoms with E-state index in [1.54, 1.807) is 0 Å². The molecule has 0 bridgehead atoms. The molecule has 0 unspecified atom stereocenters. The van der Waals surface area contributed by atoms with Crippen molar-refractivity contribution in [2.45, 2.75) is 5.54 Å². The van der Waals surface area contributed by atoms with E-state index in [2.05, 4.69) is 122 Å². The van der Waals surface area contributed by atoms with Gasteiger partial charge in [-0.25, -0.2) is 4.68 Å². The van der Waals surface area contributed by atoms with Gasteiger partial charge in [-0.1, -0.05) is 91.0 Å². The van der Waals surface area contributed by atoms with Gasteiger partial charge >= 0.3 is 0 Å². The van der Waals surface area contributed by atoms with Gasteiger partial charge in [0.05, 0.1) is 5.52 Å². The van der Waals surface area contributed by atoms with Crippen LogP contribution in [0.25, 0.3) is 10.9 Å². The van der Waals surface area contributed by atoms with Crippen LogP contribution in [0.4, 0.5) is 5.69 Å². The summed E-state index contributed by atoms with van der Waals surface area (Å²) in [6.07, 6.45) is 0. The molecule has 1 heterocycles. The number of nitrogen functional groups attached to an aromatic ring is 1. The first-order valence-electron chi connectivity index (χ1n) is 9.92. The average molecular weight is 580 g/mol.